The number of nitrogens with zero attached hydrogens (tertiary/aromatic N) is 1. The number of ether oxygens (including phenoxy) is 1. The van der Waals surface area contributed by atoms with Gasteiger partial charge in [-0.15, -0.1) is 0 Å². The number of amides is 2. The summed E-state index contributed by atoms with van der Waals surface area (Å²) in [5.74, 6) is -1.69. The standard InChI is InChI=1S/C27H32N2O6/c1-26(2,3)22(23(30)29-14-12-27(34,13-15-29)24(31)32)28-25(33)35-16-21-19-10-6-4-8-17(19)18-9-5-7-11-20(18)21/h4-11,21-22,34H,12-16H2,1-3H3,(H,28,33)(H,31,32)/t22-/m1/s1. The van der Waals surface area contributed by atoms with Gasteiger partial charge in [0.2, 0.25) is 5.91 Å². The molecule has 4 rings (SSSR count). The van der Waals surface area contributed by atoms with Crippen LogP contribution in [0.3, 0.4) is 0 Å². The number of carbonyl (C=O) groups is 3. The number of fused-ring (bicyclic) bond motifs is 3. The van der Waals surface area contributed by atoms with Crippen LogP contribution < -0.4 is 5.32 Å². The van der Waals surface area contributed by atoms with Gasteiger partial charge in [0, 0.05) is 31.8 Å². The van der Waals surface area contributed by atoms with E-state index < -0.39 is 29.1 Å². The molecule has 2 aliphatic rings. The number of carbonyl (C=O) groups excluding carboxylic acids is 2. The lowest BCUT2D eigenvalue weighted by Gasteiger charge is -2.39. The van der Waals surface area contributed by atoms with Crippen LogP contribution in [0.1, 0.15) is 50.7 Å². The average molecular weight is 481 g/mol. The van der Waals surface area contributed by atoms with E-state index in [1.807, 2.05) is 57.2 Å². The van der Waals surface area contributed by atoms with Crippen molar-refractivity contribution in [2.24, 2.45) is 5.41 Å². The molecule has 2 aromatic rings. The highest BCUT2D eigenvalue weighted by atomic mass is 16.5. The van der Waals surface area contributed by atoms with Crippen LogP contribution in [-0.2, 0) is 14.3 Å². The number of hydrogen-bond donors (Lipinski definition) is 3. The lowest BCUT2D eigenvalue weighted by Crippen LogP contribution is -2.58. The maximum Gasteiger partial charge on any atom is 0.407 e. The molecule has 8 nitrogen and oxygen atoms in total. The summed E-state index contributed by atoms with van der Waals surface area (Å²) in [6.07, 6.45) is -0.801. The molecule has 2 aromatic carbocycles. The molecule has 35 heavy (non-hydrogen) atoms. The molecule has 1 heterocycles. The Labute approximate surface area is 204 Å². The predicted molar refractivity (Wildman–Crippen MR) is 130 cm³/mol. The van der Waals surface area contributed by atoms with E-state index in [0.717, 1.165) is 22.3 Å². The van der Waals surface area contributed by atoms with Gasteiger partial charge in [-0.05, 0) is 27.7 Å². The van der Waals surface area contributed by atoms with Crippen molar-refractivity contribution in [3.63, 3.8) is 0 Å². The summed E-state index contributed by atoms with van der Waals surface area (Å²) in [7, 11) is 0. The second-order valence-electron chi connectivity index (χ2n) is 10.4. The molecule has 0 spiro atoms. The molecule has 8 heteroatoms. The van der Waals surface area contributed by atoms with E-state index >= 15 is 0 Å². The van der Waals surface area contributed by atoms with E-state index in [1.54, 1.807) is 0 Å². The molecule has 0 saturated carbocycles. The van der Waals surface area contributed by atoms with E-state index in [1.165, 1.54) is 4.90 Å². The number of carboxylic acids is 1. The lowest BCUT2D eigenvalue weighted by molar-refractivity contribution is -0.166. The fraction of sp³-hybridized carbons (Fsp3) is 0.444. The number of rotatable bonds is 5. The van der Waals surface area contributed by atoms with Crippen molar-refractivity contribution in [2.75, 3.05) is 19.7 Å². The summed E-state index contributed by atoms with van der Waals surface area (Å²) < 4.78 is 5.63. The molecule has 2 amide bonds. The number of benzene rings is 2. The number of likely N-dealkylation sites (tertiary alicyclic amines) is 1. The van der Waals surface area contributed by atoms with Crippen molar-refractivity contribution >= 4 is 18.0 Å². The van der Waals surface area contributed by atoms with E-state index in [4.69, 9.17) is 4.74 Å². The monoisotopic (exact) mass is 480 g/mol. The molecule has 3 N–H and O–H groups in total. The van der Waals surface area contributed by atoms with E-state index in [-0.39, 0.29) is 44.4 Å². The molecule has 0 aromatic heterocycles. The van der Waals surface area contributed by atoms with Crippen LogP contribution in [-0.4, -0.2) is 64.4 Å². The Morgan fingerprint density at radius 1 is 1.03 bits per heavy atom. The third-order valence-electron chi connectivity index (χ3n) is 7.02. The first-order valence-corrected chi connectivity index (χ1v) is 11.9. The largest absolute Gasteiger partial charge is 0.479 e. The number of nitrogens with one attached hydrogen (secondary N) is 1. The van der Waals surface area contributed by atoms with Crippen LogP contribution in [0.15, 0.2) is 48.5 Å². The molecule has 1 aliphatic carbocycles. The highest BCUT2D eigenvalue weighted by Crippen LogP contribution is 2.44. The molecule has 1 atom stereocenters. The Bertz CT molecular complexity index is 1080. The topological polar surface area (TPSA) is 116 Å². The fourth-order valence-electron chi connectivity index (χ4n) is 4.90. The van der Waals surface area contributed by atoms with Crippen molar-refractivity contribution in [1.82, 2.24) is 10.2 Å². The molecule has 0 bridgehead atoms. The number of aliphatic hydroxyl groups is 1. The molecule has 0 radical (unpaired) electrons. The summed E-state index contributed by atoms with van der Waals surface area (Å²) in [4.78, 5) is 38.9. The Hall–Kier alpha value is -3.39. The second kappa shape index (κ2) is 9.34. The Balaban J connectivity index is 1.42. The summed E-state index contributed by atoms with van der Waals surface area (Å²) in [5.41, 5.74) is 2.03. The second-order valence-corrected chi connectivity index (χ2v) is 10.4. The molecule has 0 unspecified atom stereocenters. The van der Waals surface area contributed by atoms with Gasteiger partial charge in [-0.3, -0.25) is 4.79 Å². The minimum atomic E-state index is -1.83. The fourth-order valence-corrected chi connectivity index (χ4v) is 4.90. The van der Waals surface area contributed by atoms with Gasteiger partial charge in [-0.1, -0.05) is 69.3 Å². The first-order valence-electron chi connectivity index (χ1n) is 11.9. The maximum absolute atomic E-state index is 13.3. The van der Waals surface area contributed by atoms with Crippen molar-refractivity contribution in [1.29, 1.82) is 0 Å². The first-order chi connectivity index (χ1) is 16.5. The molecule has 1 saturated heterocycles. The van der Waals surface area contributed by atoms with Crippen molar-refractivity contribution in [3.8, 4) is 11.1 Å². The Kier molecular flexibility index (Phi) is 6.60. The zero-order valence-electron chi connectivity index (χ0n) is 20.3. The van der Waals surface area contributed by atoms with Gasteiger partial charge >= 0.3 is 12.1 Å². The van der Waals surface area contributed by atoms with Gasteiger partial charge in [0.25, 0.3) is 0 Å². The van der Waals surface area contributed by atoms with Crippen LogP contribution in [0.5, 0.6) is 0 Å². The van der Waals surface area contributed by atoms with Crippen molar-refractivity contribution in [2.45, 2.75) is 51.2 Å². The van der Waals surface area contributed by atoms with E-state index in [0.29, 0.717) is 0 Å². The van der Waals surface area contributed by atoms with Gasteiger partial charge in [0.05, 0.1) is 0 Å². The van der Waals surface area contributed by atoms with Crippen LogP contribution in [0.4, 0.5) is 4.79 Å². The average Bonchev–Trinajstić information content (AvgIpc) is 3.14. The number of hydrogen-bond acceptors (Lipinski definition) is 5. The third kappa shape index (κ3) is 4.89. The molecule has 186 valence electrons. The third-order valence-corrected chi connectivity index (χ3v) is 7.02. The smallest absolute Gasteiger partial charge is 0.407 e. The summed E-state index contributed by atoms with van der Waals surface area (Å²) >= 11 is 0. The lowest BCUT2D eigenvalue weighted by atomic mass is 9.84. The van der Waals surface area contributed by atoms with Gasteiger partial charge in [0.1, 0.15) is 12.6 Å². The van der Waals surface area contributed by atoms with Crippen LogP contribution in [0, 0.1) is 5.41 Å². The highest BCUT2D eigenvalue weighted by Gasteiger charge is 2.43. The Morgan fingerprint density at radius 2 is 1.54 bits per heavy atom. The maximum atomic E-state index is 13.3. The number of carboxylic acid groups (broad SMARTS) is 1. The molecular weight excluding hydrogens is 448 g/mol. The predicted octanol–water partition coefficient (Wildman–Crippen LogP) is 3.38. The van der Waals surface area contributed by atoms with Crippen LogP contribution in [0.2, 0.25) is 0 Å². The zero-order valence-corrected chi connectivity index (χ0v) is 20.3. The van der Waals surface area contributed by atoms with E-state index in [2.05, 4.69) is 17.4 Å². The van der Waals surface area contributed by atoms with Gasteiger partial charge < -0.3 is 25.2 Å². The van der Waals surface area contributed by atoms with Crippen molar-refractivity contribution < 1.29 is 29.3 Å². The van der Waals surface area contributed by atoms with Crippen molar-refractivity contribution in [3.05, 3.63) is 59.7 Å². The van der Waals surface area contributed by atoms with E-state index in [9.17, 15) is 24.6 Å². The van der Waals surface area contributed by atoms with Gasteiger partial charge in [0.15, 0.2) is 5.60 Å². The number of alkyl carbamates (subject to hydrolysis) is 1. The minimum absolute atomic E-state index is 0.0596. The van der Waals surface area contributed by atoms with Crippen LogP contribution >= 0.6 is 0 Å². The number of aliphatic carboxylic acids is 1. The van der Waals surface area contributed by atoms with Gasteiger partial charge in [-0.25, -0.2) is 9.59 Å². The highest BCUT2D eigenvalue weighted by molar-refractivity contribution is 5.87. The van der Waals surface area contributed by atoms with Crippen LogP contribution in [0.25, 0.3) is 11.1 Å². The summed E-state index contributed by atoms with van der Waals surface area (Å²) in [5, 5.41) is 22.1. The van der Waals surface area contributed by atoms with Gasteiger partial charge in [-0.2, -0.15) is 0 Å². The molecule has 1 fully saturated rings. The minimum Gasteiger partial charge on any atom is -0.479 e. The normalized spacial score (nSPS) is 17.8. The summed E-state index contributed by atoms with van der Waals surface area (Å²) in [6.45, 7) is 5.87. The summed E-state index contributed by atoms with van der Waals surface area (Å²) in [6, 6.07) is 15.3. The Morgan fingerprint density at radius 3 is 2.03 bits per heavy atom. The quantitative estimate of drug-likeness (QED) is 0.604. The molecule has 1 aliphatic heterocycles. The first kappa shape index (κ1) is 24.7. The molecular formula is C27H32N2O6. The number of piperidine rings is 1. The SMILES string of the molecule is CC(C)(C)[C@H](NC(=O)OCC1c2ccccc2-c2ccccc21)C(=O)N1CCC(O)(C(=O)O)CC1. The zero-order chi connectivity index (χ0) is 25.4.